The van der Waals surface area contributed by atoms with Crippen molar-refractivity contribution in [2.75, 3.05) is 0 Å². The average Bonchev–Trinajstić information content (AvgIpc) is 2.98. The normalized spacial score (nSPS) is 10.8. The van der Waals surface area contributed by atoms with E-state index in [9.17, 15) is 0 Å². The molecule has 0 N–H and O–H groups in total. The standard InChI is InChI=1S/C32H22N4/c1-3-11-23(12-4-1)25-15-7-9-17-27(25)29-31(35-21-19-33-29)32-30(34-20-22-36-32)28-18-10-8-16-26(28)24-13-5-2-6-14-24/h1-22H. The Bertz CT molecular complexity index is 1500. The molecule has 0 fully saturated rings. The van der Waals surface area contributed by atoms with Gasteiger partial charge in [0, 0.05) is 35.9 Å². The third-order valence-corrected chi connectivity index (χ3v) is 6.15. The third kappa shape index (κ3) is 4.05. The first-order valence-electron chi connectivity index (χ1n) is 11.8. The van der Waals surface area contributed by atoms with E-state index in [-0.39, 0.29) is 0 Å². The molecule has 0 radical (unpaired) electrons. The zero-order valence-electron chi connectivity index (χ0n) is 19.5. The first-order chi connectivity index (χ1) is 17.9. The molecular formula is C32H22N4. The van der Waals surface area contributed by atoms with Crippen LogP contribution >= 0.6 is 0 Å². The molecule has 0 aliphatic carbocycles. The van der Waals surface area contributed by atoms with Crippen LogP contribution in [-0.2, 0) is 0 Å². The van der Waals surface area contributed by atoms with Gasteiger partial charge in [-0.25, -0.2) is 0 Å². The molecule has 36 heavy (non-hydrogen) atoms. The highest BCUT2D eigenvalue weighted by molar-refractivity contribution is 5.93. The summed E-state index contributed by atoms with van der Waals surface area (Å²) in [7, 11) is 0. The molecule has 0 saturated heterocycles. The predicted octanol–water partition coefficient (Wildman–Crippen LogP) is 7.60. The Labute approximate surface area is 210 Å². The van der Waals surface area contributed by atoms with Crippen molar-refractivity contribution in [3.8, 4) is 56.2 Å². The zero-order valence-corrected chi connectivity index (χ0v) is 19.5. The molecule has 4 nitrogen and oxygen atoms in total. The van der Waals surface area contributed by atoms with E-state index in [0.29, 0.717) is 11.4 Å². The smallest absolute Gasteiger partial charge is 0.117 e. The highest BCUT2D eigenvalue weighted by Crippen LogP contribution is 2.39. The zero-order chi connectivity index (χ0) is 24.2. The number of aromatic nitrogens is 4. The van der Waals surface area contributed by atoms with Crippen LogP contribution < -0.4 is 0 Å². The van der Waals surface area contributed by atoms with Crippen LogP contribution in [0.4, 0.5) is 0 Å². The van der Waals surface area contributed by atoms with Gasteiger partial charge in [-0.2, -0.15) is 0 Å². The van der Waals surface area contributed by atoms with E-state index in [2.05, 4.69) is 48.5 Å². The highest BCUT2D eigenvalue weighted by Gasteiger charge is 2.21. The van der Waals surface area contributed by atoms with Crippen LogP contribution in [0.15, 0.2) is 134 Å². The maximum Gasteiger partial charge on any atom is 0.117 e. The van der Waals surface area contributed by atoms with E-state index >= 15 is 0 Å². The van der Waals surface area contributed by atoms with Crippen molar-refractivity contribution >= 4 is 0 Å². The fraction of sp³-hybridized carbons (Fsp3) is 0. The van der Waals surface area contributed by atoms with Gasteiger partial charge in [-0.15, -0.1) is 0 Å². The number of benzene rings is 4. The molecule has 0 atom stereocenters. The van der Waals surface area contributed by atoms with E-state index in [1.165, 1.54) is 0 Å². The minimum absolute atomic E-state index is 0.701. The van der Waals surface area contributed by atoms with Crippen molar-refractivity contribution in [3.05, 3.63) is 134 Å². The maximum absolute atomic E-state index is 4.80. The minimum Gasteiger partial charge on any atom is -0.252 e. The quantitative estimate of drug-likeness (QED) is 0.265. The van der Waals surface area contributed by atoms with Gasteiger partial charge in [0.15, 0.2) is 0 Å². The fourth-order valence-corrected chi connectivity index (χ4v) is 4.53. The number of hydrogen-bond donors (Lipinski definition) is 0. The first kappa shape index (κ1) is 21.6. The summed E-state index contributed by atoms with van der Waals surface area (Å²) in [5.41, 5.74) is 9.38. The maximum atomic E-state index is 4.80. The lowest BCUT2D eigenvalue weighted by atomic mass is 9.93. The van der Waals surface area contributed by atoms with Gasteiger partial charge in [-0.1, -0.05) is 109 Å². The van der Waals surface area contributed by atoms with Crippen LogP contribution in [0, 0.1) is 0 Å². The Morgan fingerprint density at radius 1 is 0.278 bits per heavy atom. The molecule has 0 amide bonds. The Balaban J connectivity index is 1.56. The van der Waals surface area contributed by atoms with Gasteiger partial charge < -0.3 is 0 Å². The van der Waals surface area contributed by atoms with E-state index in [1.54, 1.807) is 24.8 Å². The molecule has 2 aromatic heterocycles. The second-order valence-electron chi connectivity index (χ2n) is 8.33. The molecular weight excluding hydrogens is 440 g/mol. The second kappa shape index (κ2) is 9.72. The molecule has 4 aromatic carbocycles. The van der Waals surface area contributed by atoms with Gasteiger partial charge in [0.2, 0.25) is 0 Å². The van der Waals surface area contributed by atoms with Crippen LogP contribution in [0.3, 0.4) is 0 Å². The van der Waals surface area contributed by atoms with Gasteiger partial charge >= 0.3 is 0 Å². The third-order valence-electron chi connectivity index (χ3n) is 6.15. The summed E-state index contributed by atoms with van der Waals surface area (Å²) in [5, 5.41) is 0. The summed E-state index contributed by atoms with van der Waals surface area (Å²) in [6.07, 6.45) is 6.89. The van der Waals surface area contributed by atoms with E-state index in [4.69, 9.17) is 19.9 Å². The number of hydrogen-bond acceptors (Lipinski definition) is 4. The van der Waals surface area contributed by atoms with E-state index < -0.39 is 0 Å². The van der Waals surface area contributed by atoms with Crippen molar-refractivity contribution in [2.45, 2.75) is 0 Å². The first-order valence-corrected chi connectivity index (χ1v) is 11.8. The van der Waals surface area contributed by atoms with Crippen molar-refractivity contribution in [1.29, 1.82) is 0 Å². The van der Waals surface area contributed by atoms with Gasteiger partial charge in [0.05, 0.1) is 11.4 Å². The Kier molecular flexibility index (Phi) is 5.83. The molecule has 4 heteroatoms. The predicted molar refractivity (Wildman–Crippen MR) is 145 cm³/mol. The van der Waals surface area contributed by atoms with Crippen molar-refractivity contribution in [1.82, 2.24) is 19.9 Å². The molecule has 2 heterocycles. The van der Waals surface area contributed by atoms with Crippen LogP contribution in [0.1, 0.15) is 0 Å². The molecule has 0 aliphatic heterocycles. The van der Waals surface area contributed by atoms with Crippen molar-refractivity contribution in [3.63, 3.8) is 0 Å². The second-order valence-corrected chi connectivity index (χ2v) is 8.33. The summed E-state index contributed by atoms with van der Waals surface area (Å²) in [6.45, 7) is 0. The van der Waals surface area contributed by atoms with E-state index in [0.717, 1.165) is 44.8 Å². The molecule has 0 unspecified atom stereocenters. The van der Waals surface area contributed by atoms with Gasteiger partial charge in [-0.05, 0) is 22.3 Å². The molecule has 0 bridgehead atoms. The molecule has 170 valence electrons. The van der Waals surface area contributed by atoms with E-state index in [1.807, 2.05) is 60.7 Å². The lowest BCUT2D eigenvalue weighted by Gasteiger charge is -2.15. The largest absolute Gasteiger partial charge is 0.252 e. The minimum atomic E-state index is 0.701. The topological polar surface area (TPSA) is 51.6 Å². The lowest BCUT2D eigenvalue weighted by Crippen LogP contribution is -2.00. The monoisotopic (exact) mass is 462 g/mol. The summed E-state index contributed by atoms with van der Waals surface area (Å²) in [4.78, 5) is 19.2. The Morgan fingerprint density at radius 2 is 0.583 bits per heavy atom. The molecule has 0 saturated carbocycles. The fourth-order valence-electron chi connectivity index (χ4n) is 4.53. The number of nitrogens with zero attached hydrogens (tertiary/aromatic N) is 4. The van der Waals surface area contributed by atoms with Crippen LogP contribution in [-0.4, -0.2) is 19.9 Å². The molecule has 0 aliphatic rings. The van der Waals surface area contributed by atoms with Gasteiger partial charge in [0.25, 0.3) is 0 Å². The van der Waals surface area contributed by atoms with Gasteiger partial charge in [0.1, 0.15) is 11.4 Å². The van der Waals surface area contributed by atoms with Crippen molar-refractivity contribution in [2.24, 2.45) is 0 Å². The lowest BCUT2D eigenvalue weighted by molar-refractivity contribution is 1.15. The Morgan fingerprint density at radius 3 is 0.972 bits per heavy atom. The van der Waals surface area contributed by atoms with Crippen LogP contribution in [0.2, 0.25) is 0 Å². The van der Waals surface area contributed by atoms with Crippen LogP contribution in [0.25, 0.3) is 56.2 Å². The summed E-state index contributed by atoms with van der Waals surface area (Å²) in [6, 6.07) is 37.2. The SMILES string of the molecule is c1ccc(-c2ccccc2-c2nccnc2-c2nccnc2-c2ccccc2-c2ccccc2)cc1. The van der Waals surface area contributed by atoms with Crippen molar-refractivity contribution < 1.29 is 0 Å². The van der Waals surface area contributed by atoms with Crippen LogP contribution in [0.5, 0.6) is 0 Å². The number of rotatable bonds is 5. The summed E-state index contributed by atoms with van der Waals surface area (Å²) in [5.74, 6) is 0. The highest BCUT2D eigenvalue weighted by atomic mass is 14.9. The Hall–Kier alpha value is -4.96. The average molecular weight is 463 g/mol. The molecule has 0 spiro atoms. The van der Waals surface area contributed by atoms with Gasteiger partial charge in [-0.3, -0.25) is 19.9 Å². The summed E-state index contributed by atoms with van der Waals surface area (Å²) >= 11 is 0. The molecule has 6 rings (SSSR count). The summed E-state index contributed by atoms with van der Waals surface area (Å²) < 4.78 is 0. The molecule has 6 aromatic rings.